The molecule has 265 valence electrons. The topological polar surface area (TPSA) is 49.6 Å². The molecule has 1 aliphatic heterocycles. The van der Waals surface area contributed by atoms with Crippen molar-refractivity contribution >= 4 is 16.8 Å². The van der Waals surface area contributed by atoms with E-state index in [1.54, 1.807) is 0 Å². The molecule has 3 aromatic rings. The predicted octanol–water partition coefficient (Wildman–Crippen LogP) is 11.2. The number of piperidine rings is 1. The maximum Gasteiger partial charge on any atom is 0.167 e. The number of likely N-dealkylation sites (tertiary alicyclic amines) is 1. The average Bonchev–Trinajstić information content (AvgIpc) is 3.59. The Kier molecular flexibility index (Phi) is 31.1. The van der Waals surface area contributed by atoms with Gasteiger partial charge in [0.2, 0.25) is 0 Å². The predicted molar refractivity (Wildman–Crippen MR) is 201 cm³/mol. The molecule has 1 aliphatic carbocycles. The summed E-state index contributed by atoms with van der Waals surface area (Å²) < 4.78 is 5.53. The Morgan fingerprint density at radius 1 is 0.787 bits per heavy atom. The summed E-state index contributed by atoms with van der Waals surface area (Å²) in [6.45, 7) is 28.5. The third-order valence-corrected chi connectivity index (χ3v) is 8.53. The number of Topliss-reactive ketones (excluding diaryl/α,β-unsaturated/α-hetero) is 1. The van der Waals surface area contributed by atoms with Crippen molar-refractivity contribution < 1.29 is 42.0 Å². The first-order valence-electron chi connectivity index (χ1n) is 18.5. The SMILES string of the molecule is CC.CC.CC.CC.O=C(CC1CCC(CCN2CCC(c3noc4ccccc34)CC2)CC1)c1ccccc1.[CH2-]CN(C)C[CH2-].[Y]. The van der Waals surface area contributed by atoms with Gasteiger partial charge in [0.25, 0.3) is 0 Å². The van der Waals surface area contributed by atoms with Crippen LogP contribution in [-0.4, -0.2) is 60.5 Å². The Bertz CT molecular complexity index is 1100. The Hall–Kier alpha value is -1.40. The molecule has 47 heavy (non-hydrogen) atoms. The van der Waals surface area contributed by atoms with Gasteiger partial charge < -0.3 is 28.2 Å². The van der Waals surface area contributed by atoms with Crippen LogP contribution in [0.3, 0.4) is 0 Å². The third-order valence-electron chi connectivity index (χ3n) is 8.53. The number of rotatable bonds is 9. The number of hydrogen-bond donors (Lipinski definition) is 0. The fourth-order valence-electron chi connectivity index (χ4n) is 5.84. The van der Waals surface area contributed by atoms with Crippen LogP contribution >= 0.6 is 0 Å². The molecule has 2 aliphatic rings. The molecule has 0 atom stereocenters. The standard InChI is InChI=1S/C28H34N2O2.C5H11N.4C2H6.Y/c31-26(23-6-2-1-3-7-23)20-22-12-10-21(11-13-22)14-17-30-18-15-24(16-19-30)28-25-8-4-5-9-27(25)32-29-28;1-4-6(3)5-2;4*1-2;/h1-9,21-22,24H,10-20H2;1-2,4-5H2,3H3;4*1-2H3;/q;-2;;;;;. The van der Waals surface area contributed by atoms with Crippen LogP contribution in [0.4, 0.5) is 0 Å². The van der Waals surface area contributed by atoms with Crippen molar-refractivity contribution in [1.82, 2.24) is 15.0 Å². The molecule has 2 fully saturated rings. The molecule has 2 aromatic carbocycles. The van der Waals surface area contributed by atoms with E-state index in [2.05, 4.69) is 36.0 Å². The van der Waals surface area contributed by atoms with Crippen LogP contribution in [0.2, 0.25) is 0 Å². The normalized spacial score (nSPS) is 17.4. The van der Waals surface area contributed by atoms with Crippen molar-refractivity contribution in [3.05, 3.63) is 79.7 Å². The van der Waals surface area contributed by atoms with Gasteiger partial charge in [0.05, 0.1) is 5.69 Å². The van der Waals surface area contributed by atoms with Gasteiger partial charge in [-0.3, -0.25) is 4.79 Å². The number of nitrogens with zero attached hydrogens (tertiary/aromatic N) is 3. The second kappa shape index (κ2) is 30.6. The van der Waals surface area contributed by atoms with Crippen molar-refractivity contribution in [3.63, 3.8) is 0 Å². The third kappa shape index (κ3) is 17.7. The minimum atomic E-state index is 0. The molecular weight excluding hydrogens is 655 g/mol. The molecule has 2 heterocycles. The van der Waals surface area contributed by atoms with E-state index in [9.17, 15) is 4.79 Å². The smallest absolute Gasteiger partial charge is 0.167 e. The first kappa shape index (κ1) is 47.7. The monoisotopic (exact) mass is 724 g/mol. The van der Waals surface area contributed by atoms with Crippen molar-refractivity contribution in [2.24, 2.45) is 11.8 Å². The molecule has 1 saturated carbocycles. The number of hydrogen-bond acceptors (Lipinski definition) is 5. The van der Waals surface area contributed by atoms with Gasteiger partial charge in [-0.15, -0.1) is 13.1 Å². The van der Waals surface area contributed by atoms with E-state index >= 15 is 0 Å². The summed E-state index contributed by atoms with van der Waals surface area (Å²) in [5.74, 6) is 2.24. The Labute approximate surface area is 315 Å². The van der Waals surface area contributed by atoms with Crippen LogP contribution in [0.25, 0.3) is 11.0 Å². The number of fused-ring (bicyclic) bond motifs is 1. The molecule has 1 aromatic heterocycles. The molecule has 0 spiro atoms. The van der Waals surface area contributed by atoms with Crippen molar-refractivity contribution in [3.8, 4) is 0 Å². The van der Waals surface area contributed by atoms with E-state index in [1.165, 1.54) is 56.9 Å². The zero-order valence-electron chi connectivity index (χ0n) is 31.8. The molecule has 1 radical (unpaired) electrons. The van der Waals surface area contributed by atoms with Gasteiger partial charge in [-0.05, 0) is 82.8 Å². The van der Waals surface area contributed by atoms with Gasteiger partial charge in [-0.1, -0.05) is 116 Å². The summed E-state index contributed by atoms with van der Waals surface area (Å²) in [5.41, 5.74) is 2.94. The quantitative estimate of drug-likeness (QED) is 0.162. The van der Waals surface area contributed by atoms with Gasteiger partial charge in [0, 0.05) is 56.0 Å². The van der Waals surface area contributed by atoms with Crippen LogP contribution in [0, 0.1) is 25.7 Å². The van der Waals surface area contributed by atoms with E-state index in [0.717, 1.165) is 55.4 Å². The first-order valence-corrected chi connectivity index (χ1v) is 18.5. The van der Waals surface area contributed by atoms with Crippen LogP contribution in [0.15, 0.2) is 59.1 Å². The van der Waals surface area contributed by atoms with Gasteiger partial charge in [0.1, 0.15) is 0 Å². The van der Waals surface area contributed by atoms with Crippen LogP contribution in [0.5, 0.6) is 0 Å². The van der Waals surface area contributed by atoms with Crippen molar-refractivity contribution in [2.45, 2.75) is 113 Å². The summed E-state index contributed by atoms with van der Waals surface area (Å²) in [5, 5.41) is 5.58. The zero-order chi connectivity index (χ0) is 34.7. The molecule has 5 nitrogen and oxygen atoms in total. The summed E-state index contributed by atoms with van der Waals surface area (Å²) in [6.07, 6.45) is 9.37. The summed E-state index contributed by atoms with van der Waals surface area (Å²) >= 11 is 0. The first-order chi connectivity index (χ1) is 22.6. The number of carbonyl (C=O) groups excluding carboxylic acids is 1. The fourth-order valence-corrected chi connectivity index (χ4v) is 5.84. The van der Waals surface area contributed by atoms with Crippen LogP contribution < -0.4 is 0 Å². The van der Waals surface area contributed by atoms with E-state index in [4.69, 9.17) is 4.52 Å². The summed E-state index contributed by atoms with van der Waals surface area (Å²) in [6, 6.07) is 18.0. The Morgan fingerprint density at radius 3 is 1.83 bits per heavy atom. The Morgan fingerprint density at radius 2 is 1.30 bits per heavy atom. The van der Waals surface area contributed by atoms with E-state index in [0.29, 0.717) is 17.6 Å². The summed E-state index contributed by atoms with van der Waals surface area (Å²) in [4.78, 5) is 17.2. The molecule has 6 heteroatoms. The summed E-state index contributed by atoms with van der Waals surface area (Å²) in [7, 11) is 1.99. The number of carbonyl (C=O) groups is 1. The second-order valence-electron chi connectivity index (χ2n) is 11.2. The van der Waals surface area contributed by atoms with Gasteiger partial charge in [0.15, 0.2) is 11.4 Å². The molecule has 1 saturated heterocycles. The van der Waals surface area contributed by atoms with Crippen LogP contribution in [0.1, 0.15) is 129 Å². The number of benzene rings is 2. The average molecular weight is 725 g/mol. The fraction of sp³-hybridized carbons (Fsp3) is 0.610. The van der Waals surface area contributed by atoms with Crippen LogP contribution in [-0.2, 0) is 32.7 Å². The molecule has 0 N–H and O–H groups in total. The number of aromatic nitrogens is 1. The molecule has 0 amide bonds. The molecule has 5 rings (SSSR count). The van der Waals surface area contributed by atoms with Gasteiger partial charge in [-0.25, -0.2) is 0 Å². The largest absolute Gasteiger partial charge is 0.365 e. The molecule has 0 bridgehead atoms. The van der Waals surface area contributed by atoms with Crippen molar-refractivity contribution in [2.75, 3.05) is 39.8 Å². The minimum absolute atomic E-state index is 0. The van der Waals surface area contributed by atoms with E-state index < -0.39 is 0 Å². The maximum atomic E-state index is 12.5. The van der Waals surface area contributed by atoms with E-state index in [-0.39, 0.29) is 32.7 Å². The number of ketones is 1. The zero-order valence-corrected chi connectivity index (χ0v) is 34.6. The van der Waals surface area contributed by atoms with Gasteiger partial charge in [-0.2, -0.15) is 0 Å². The molecule has 0 unspecified atom stereocenters. The maximum absolute atomic E-state index is 12.5. The van der Waals surface area contributed by atoms with E-state index in [1.807, 2.05) is 110 Å². The second-order valence-corrected chi connectivity index (χ2v) is 11.2. The Balaban J connectivity index is 0. The minimum Gasteiger partial charge on any atom is -0.365 e. The number of para-hydroxylation sites is 1. The molecular formula is C41H69N3O2Y-2. The van der Waals surface area contributed by atoms with Crippen molar-refractivity contribution in [1.29, 1.82) is 0 Å². The van der Waals surface area contributed by atoms with Gasteiger partial charge >= 0.3 is 0 Å².